The minimum Gasteiger partial charge on any atom is -0.464 e. The minimum atomic E-state index is -0.363. The first-order valence-electron chi connectivity index (χ1n) is 11.9. The van der Waals surface area contributed by atoms with E-state index in [1.54, 1.807) is 11.8 Å². The SMILES string of the molecule is CCc1cnn2c(NCc3ccc[n+](OC)c3)cc(NC3CCCC[C@H]3COC(=O)CN)nc12. The number of anilines is 2. The summed E-state index contributed by atoms with van der Waals surface area (Å²) in [4.78, 5) is 21.7. The second-order valence-corrected chi connectivity index (χ2v) is 8.58. The summed E-state index contributed by atoms with van der Waals surface area (Å²) in [5.74, 6) is 1.50. The molecule has 1 unspecified atom stereocenters. The van der Waals surface area contributed by atoms with Gasteiger partial charge in [-0.1, -0.05) is 19.8 Å². The number of hydrogen-bond acceptors (Lipinski definition) is 8. The van der Waals surface area contributed by atoms with Gasteiger partial charge in [-0.3, -0.25) is 9.63 Å². The number of carbonyl (C=O) groups is 1. The van der Waals surface area contributed by atoms with Gasteiger partial charge < -0.3 is 21.1 Å². The van der Waals surface area contributed by atoms with Crippen LogP contribution in [0.5, 0.6) is 0 Å². The number of nitrogens with zero attached hydrogens (tertiary/aromatic N) is 4. The number of hydrogen-bond donors (Lipinski definition) is 3. The molecule has 4 rings (SSSR count). The Hall–Kier alpha value is -3.40. The van der Waals surface area contributed by atoms with E-state index in [9.17, 15) is 4.79 Å². The Labute approximate surface area is 199 Å². The number of nitrogens with one attached hydrogen (secondary N) is 2. The largest absolute Gasteiger partial charge is 0.464 e. The van der Waals surface area contributed by atoms with Crippen molar-refractivity contribution in [3.05, 3.63) is 47.9 Å². The smallest absolute Gasteiger partial charge is 0.319 e. The first-order chi connectivity index (χ1) is 16.6. The minimum absolute atomic E-state index is 0.0924. The van der Waals surface area contributed by atoms with Gasteiger partial charge in [0.15, 0.2) is 5.65 Å². The molecule has 4 N–H and O–H groups in total. The lowest BCUT2D eigenvalue weighted by atomic mass is 9.85. The van der Waals surface area contributed by atoms with Gasteiger partial charge in [-0.2, -0.15) is 9.61 Å². The lowest BCUT2D eigenvalue weighted by molar-refractivity contribution is -0.885. The van der Waals surface area contributed by atoms with Crippen LogP contribution >= 0.6 is 0 Å². The van der Waals surface area contributed by atoms with Gasteiger partial charge in [-0.25, -0.2) is 4.98 Å². The van der Waals surface area contributed by atoms with Crippen LogP contribution in [0.1, 0.15) is 43.7 Å². The number of esters is 1. The molecule has 0 spiro atoms. The first kappa shape index (κ1) is 23.7. The predicted octanol–water partition coefficient (Wildman–Crippen LogP) is 1.72. The number of nitrogens with two attached hydrogens (primary N) is 1. The Kier molecular flexibility index (Phi) is 7.79. The third-order valence-corrected chi connectivity index (χ3v) is 6.31. The van der Waals surface area contributed by atoms with Gasteiger partial charge in [0.05, 0.1) is 19.3 Å². The Bertz CT molecular complexity index is 1120. The number of aryl methyl sites for hydroxylation is 1. The van der Waals surface area contributed by atoms with Gasteiger partial charge in [0.1, 0.15) is 18.7 Å². The predicted molar refractivity (Wildman–Crippen MR) is 128 cm³/mol. The Balaban J connectivity index is 1.56. The fraction of sp³-hybridized carbons (Fsp3) is 0.500. The van der Waals surface area contributed by atoms with E-state index in [-0.39, 0.29) is 24.5 Å². The highest BCUT2D eigenvalue weighted by Crippen LogP contribution is 2.29. The zero-order chi connectivity index (χ0) is 23.9. The molecular formula is C24H34N7O3+. The third-order valence-electron chi connectivity index (χ3n) is 6.31. The molecule has 0 radical (unpaired) electrons. The fourth-order valence-electron chi connectivity index (χ4n) is 4.42. The summed E-state index contributed by atoms with van der Waals surface area (Å²) < 4.78 is 8.87. The van der Waals surface area contributed by atoms with Crippen molar-refractivity contribution in [2.45, 2.75) is 51.6 Å². The molecule has 10 heteroatoms. The van der Waals surface area contributed by atoms with E-state index >= 15 is 0 Å². The molecule has 3 aromatic rings. The molecule has 1 fully saturated rings. The van der Waals surface area contributed by atoms with Crippen LogP contribution in [0.15, 0.2) is 36.8 Å². The third kappa shape index (κ3) is 5.56. The highest BCUT2D eigenvalue weighted by Gasteiger charge is 2.27. The second-order valence-electron chi connectivity index (χ2n) is 8.58. The van der Waals surface area contributed by atoms with Crippen molar-refractivity contribution in [2.75, 3.05) is 30.9 Å². The lowest BCUT2D eigenvalue weighted by Gasteiger charge is -2.32. The van der Waals surface area contributed by atoms with Crippen LogP contribution in [-0.4, -0.2) is 46.9 Å². The number of carbonyl (C=O) groups excluding carboxylic acids is 1. The van der Waals surface area contributed by atoms with Crippen LogP contribution in [-0.2, 0) is 22.5 Å². The molecule has 3 heterocycles. The highest BCUT2D eigenvalue weighted by molar-refractivity contribution is 5.71. The maximum Gasteiger partial charge on any atom is 0.319 e. The van der Waals surface area contributed by atoms with Crippen LogP contribution in [0, 0.1) is 5.92 Å². The van der Waals surface area contributed by atoms with E-state index in [1.165, 1.54) is 0 Å². The Morgan fingerprint density at radius 1 is 1.35 bits per heavy atom. The van der Waals surface area contributed by atoms with Crippen molar-refractivity contribution in [3.63, 3.8) is 0 Å². The van der Waals surface area contributed by atoms with Gasteiger partial charge in [0.25, 0.3) is 0 Å². The van der Waals surface area contributed by atoms with Crippen molar-refractivity contribution < 1.29 is 19.1 Å². The fourth-order valence-corrected chi connectivity index (χ4v) is 4.42. The molecular weight excluding hydrogens is 434 g/mol. The topological polar surface area (TPSA) is 120 Å². The standard InChI is InChI=1S/C24H34N7O3/c1-3-18-14-27-31-22(26-13-17-7-6-10-30(15-17)33-2)11-21(29-24(18)31)28-20-9-5-4-8-19(20)16-34-23(32)12-25/h6-7,10-11,14-15,19-20,26H,3-5,8-9,12-13,16,25H2,1-2H3,(H,28,29)/q+1/t19-,20?/m0/s1. The molecule has 1 saturated carbocycles. The first-order valence-corrected chi connectivity index (χ1v) is 11.9. The molecule has 0 saturated heterocycles. The van der Waals surface area contributed by atoms with Crippen LogP contribution in [0.2, 0.25) is 0 Å². The summed E-state index contributed by atoms with van der Waals surface area (Å²) in [5.41, 5.74) is 8.38. The monoisotopic (exact) mass is 468 g/mol. The summed E-state index contributed by atoms with van der Waals surface area (Å²) in [5, 5.41) is 11.7. The molecule has 1 aliphatic rings. The zero-order valence-corrected chi connectivity index (χ0v) is 19.9. The molecule has 0 aliphatic heterocycles. The molecule has 0 bridgehead atoms. The average Bonchev–Trinajstić information content (AvgIpc) is 3.29. The van der Waals surface area contributed by atoms with Crippen molar-refractivity contribution in [1.82, 2.24) is 14.6 Å². The number of rotatable bonds is 10. The molecule has 10 nitrogen and oxygen atoms in total. The highest BCUT2D eigenvalue weighted by atomic mass is 16.6. The van der Waals surface area contributed by atoms with E-state index in [4.69, 9.17) is 20.3 Å². The Morgan fingerprint density at radius 2 is 2.21 bits per heavy atom. The number of aromatic nitrogens is 4. The average molecular weight is 469 g/mol. The van der Waals surface area contributed by atoms with Crippen LogP contribution < -0.4 is 25.9 Å². The van der Waals surface area contributed by atoms with Crippen LogP contribution in [0.3, 0.4) is 0 Å². The van der Waals surface area contributed by atoms with Crippen LogP contribution in [0.25, 0.3) is 5.65 Å². The normalized spacial score (nSPS) is 18.0. The zero-order valence-electron chi connectivity index (χ0n) is 19.9. The van der Waals surface area contributed by atoms with E-state index in [0.29, 0.717) is 13.2 Å². The van der Waals surface area contributed by atoms with Crippen LogP contribution in [0.4, 0.5) is 11.6 Å². The van der Waals surface area contributed by atoms with Gasteiger partial charge in [-0.15, -0.1) is 0 Å². The van der Waals surface area contributed by atoms with Gasteiger partial charge in [0, 0.05) is 46.5 Å². The van der Waals surface area contributed by atoms with E-state index in [0.717, 1.165) is 60.5 Å². The molecule has 34 heavy (non-hydrogen) atoms. The van der Waals surface area contributed by atoms with Gasteiger partial charge in [0.2, 0.25) is 12.4 Å². The summed E-state index contributed by atoms with van der Waals surface area (Å²) in [6, 6.07) is 6.14. The maximum atomic E-state index is 11.6. The molecule has 182 valence electrons. The summed E-state index contributed by atoms with van der Waals surface area (Å²) >= 11 is 0. The van der Waals surface area contributed by atoms with Crippen molar-refractivity contribution in [2.24, 2.45) is 11.7 Å². The molecule has 0 aromatic carbocycles. The quantitative estimate of drug-likeness (QED) is 0.304. The van der Waals surface area contributed by atoms with Gasteiger partial charge >= 0.3 is 5.97 Å². The molecule has 3 aromatic heterocycles. The molecule has 2 atom stereocenters. The summed E-state index contributed by atoms with van der Waals surface area (Å²) in [6.45, 7) is 2.99. The second kappa shape index (κ2) is 11.1. The number of ether oxygens (including phenoxy) is 1. The van der Waals surface area contributed by atoms with Gasteiger partial charge in [-0.05, 0) is 25.3 Å². The summed E-state index contributed by atoms with van der Waals surface area (Å²) in [7, 11) is 1.63. The number of fused-ring (bicyclic) bond motifs is 1. The maximum absolute atomic E-state index is 11.6. The van der Waals surface area contributed by atoms with Crippen molar-refractivity contribution in [1.29, 1.82) is 0 Å². The molecule has 0 amide bonds. The molecule has 1 aliphatic carbocycles. The lowest BCUT2D eigenvalue weighted by Crippen LogP contribution is -2.40. The van der Waals surface area contributed by atoms with E-state index < -0.39 is 0 Å². The summed E-state index contributed by atoms with van der Waals surface area (Å²) in [6.07, 6.45) is 10.8. The van der Waals surface area contributed by atoms with E-state index in [2.05, 4.69) is 22.7 Å². The number of pyridine rings is 1. The van der Waals surface area contributed by atoms with Crippen molar-refractivity contribution in [3.8, 4) is 0 Å². The Morgan fingerprint density at radius 3 is 3.00 bits per heavy atom. The van der Waals surface area contributed by atoms with E-state index in [1.807, 2.05) is 41.3 Å². The van der Waals surface area contributed by atoms with Crippen molar-refractivity contribution >= 4 is 23.3 Å².